The zero-order valence-corrected chi connectivity index (χ0v) is 10.3. The lowest BCUT2D eigenvalue weighted by Crippen LogP contribution is -2.32. The maximum absolute atomic E-state index is 5.92. The van der Waals surface area contributed by atoms with E-state index < -0.39 is 0 Å². The Morgan fingerprint density at radius 2 is 1.72 bits per heavy atom. The van der Waals surface area contributed by atoms with E-state index in [1.54, 1.807) is 12.4 Å². The summed E-state index contributed by atoms with van der Waals surface area (Å²) in [5.41, 5.74) is 8.93. The predicted octanol–water partition coefficient (Wildman–Crippen LogP) is 2.31. The van der Waals surface area contributed by atoms with Crippen molar-refractivity contribution in [2.75, 3.05) is 5.32 Å². The Kier molecular flexibility index (Phi) is 3.11. The van der Waals surface area contributed by atoms with Gasteiger partial charge in [0.05, 0.1) is 11.0 Å². The van der Waals surface area contributed by atoms with E-state index in [1.165, 1.54) is 0 Å². The van der Waals surface area contributed by atoms with Crippen molar-refractivity contribution in [2.45, 2.75) is 37.8 Å². The fraction of sp³-hybridized carbons (Fsp3) is 0.429. The zero-order chi connectivity index (χ0) is 12.4. The SMILES string of the molecule is NC1CCC(Nc2ccc3nccnc3c2)CC1. The molecule has 0 spiro atoms. The highest BCUT2D eigenvalue weighted by Gasteiger charge is 2.18. The van der Waals surface area contributed by atoms with Gasteiger partial charge in [-0.2, -0.15) is 0 Å². The van der Waals surface area contributed by atoms with Gasteiger partial charge in [-0.1, -0.05) is 0 Å². The molecule has 4 heteroatoms. The maximum Gasteiger partial charge on any atom is 0.0907 e. The molecule has 0 saturated heterocycles. The summed E-state index contributed by atoms with van der Waals surface area (Å²) in [5.74, 6) is 0. The Labute approximate surface area is 107 Å². The van der Waals surface area contributed by atoms with Gasteiger partial charge >= 0.3 is 0 Å². The third kappa shape index (κ3) is 2.43. The van der Waals surface area contributed by atoms with Crippen LogP contribution in [0.3, 0.4) is 0 Å². The van der Waals surface area contributed by atoms with Gasteiger partial charge in [-0.15, -0.1) is 0 Å². The molecular formula is C14H18N4. The lowest BCUT2D eigenvalue weighted by molar-refractivity contribution is 0.411. The van der Waals surface area contributed by atoms with Crippen molar-refractivity contribution in [1.29, 1.82) is 0 Å². The van der Waals surface area contributed by atoms with E-state index in [9.17, 15) is 0 Å². The van der Waals surface area contributed by atoms with E-state index in [0.717, 1.165) is 42.4 Å². The summed E-state index contributed by atoms with van der Waals surface area (Å²) in [4.78, 5) is 8.60. The molecule has 94 valence electrons. The third-order valence-corrected chi connectivity index (χ3v) is 3.61. The van der Waals surface area contributed by atoms with Gasteiger partial charge in [0.15, 0.2) is 0 Å². The van der Waals surface area contributed by atoms with E-state index in [1.807, 2.05) is 6.07 Å². The Balaban J connectivity index is 1.74. The van der Waals surface area contributed by atoms with Crippen LogP contribution >= 0.6 is 0 Å². The van der Waals surface area contributed by atoms with Gasteiger partial charge < -0.3 is 11.1 Å². The molecule has 1 aliphatic rings. The van der Waals surface area contributed by atoms with Crippen LogP contribution < -0.4 is 11.1 Å². The topological polar surface area (TPSA) is 63.8 Å². The summed E-state index contributed by atoms with van der Waals surface area (Å²) in [6.07, 6.45) is 7.99. The van der Waals surface area contributed by atoms with Crippen molar-refractivity contribution in [3.8, 4) is 0 Å². The van der Waals surface area contributed by atoms with E-state index in [4.69, 9.17) is 5.73 Å². The first-order valence-corrected chi connectivity index (χ1v) is 6.54. The predicted molar refractivity (Wildman–Crippen MR) is 73.4 cm³/mol. The summed E-state index contributed by atoms with van der Waals surface area (Å²) in [6, 6.07) is 7.09. The second-order valence-electron chi connectivity index (χ2n) is 5.02. The minimum atomic E-state index is 0.394. The van der Waals surface area contributed by atoms with Crippen LogP contribution in [0.5, 0.6) is 0 Å². The Hall–Kier alpha value is -1.68. The molecule has 4 nitrogen and oxygen atoms in total. The Bertz CT molecular complexity index is 532. The summed E-state index contributed by atoms with van der Waals surface area (Å²) >= 11 is 0. The van der Waals surface area contributed by atoms with E-state index in [2.05, 4.69) is 27.4 Å². The number of benzene rings is 1. The third-order valence-electron chi connectivity index (χ3n) is 3.61. The minimum Gasteiger partial charge on any atom is -0.382 e. The quantitative estimate of drug-likeness (QED) is 0.848. The molecule has 0 atom stereocenters. The number of hydrogen-bond donors (Lipinski definition) is 2. The Morgan fingerprint density at radius 1 is 1.00 bits per heavy atom. The number of nitrogens with zero attached hydrogens (tertiary/aromatic N) is 2. The number of rotatable bonds is 2. The van der Waals surface area contributed by atoms with Gasteiger partial charge in [0, 0.05) is 30.2 Å². The van der Waals surface area contributed by atoms with Crippen LogP contribution in [0.1, 0.15) is 25.7 Å². The van der Waals surface area contributed by atoms with E-state index >= 15 is 0 Å². The standard InChI is InChI=1S/C14H18N4/c15-10-1-3-11(4-2-10)18-12-5-6-13-14(9-12)17-8-7-16-13/h5-11,18H,1-4,15H2. The van der Waals surface area contributed by atoms with Crippen LogP contribution in [0.4, 0.5) is 5.69 Å². The van der Waals surface area contributed by atoms with Crippen LogP contribution in [0.2, 0.25) is 0 Å². The lowest BCUT2D eigenvalue weighted by atomic mass is 9.91. The molecule has 1 aromatic carbocycles. The molecular weight excluding hydrogens is 224 g/mol. The van der Waals surface area contributed by atoms with Gasteiger partial charge in [-0.3, -0.25) is 9.97 Å². The Morgan fingerprint density at radius 3 is 2.50 bits per heavy atom. The highest BCUT2D eigenvalue weighted by molar-refractivity contribution is 5.78. The minimum absolute atomic E-state index is 0.394. The number of anilines is 1. The van der Waals surface area contributed by atoms with E-state index in [0.29, 0.717) is 12.1 Å². The first-order valence-electron chi connectivity index (χ1n) is 6.54. The number of fused-ring (bicyclic) bond motifs is 1. The van der Waals surface area contributed by atoms with Crippen molar-refractivity contribution < 1.29 is 0 Å². The maximum atomic E-state index is 5.92. The molecule has 1 saturated carbocycles. The average molecular weight is 242 g/mol. The fourth-order valence-electron chi connectivity index (χ4n) is 2.55. The van der Waals surface area contributed by atoms with Crippen LogP contribution in [0.15, 0.2) is 30.6 Å². The van der Waals surface area contributed by atoms with Gasteiger partial charge in [-0.25, -0.2) is 0 Å². The normalized spacial score (nSPS) is 24.1. The molecule has 3 N–H and O–H groups in total. The van der Waals surface area contributed by atoms with Crippen LogP contribution in [-0.2, 0) is 0 Å². The molecule has 0 bridgehead atoms. The van der Waals surface area contributed by atoms with Crippen molar-refractivity contribution >= 4 is 16.7 Å². The van der Waals surface area contributed by atoms with Gasteiger partial charge in [0.25, 0.3) is 0 Å². The monoisotopic (exact) mass is 242 g/mol. The van der Waals surface area contributed by atoms with Crippen molar-refractivity contribution in [1.82, 2.24) is 9.97 Å². The summed E-state index contributed by atoms with van der Waals surface area (Å²) in [7, 11) is 0. The highest BCUT2D eigenvalue weighted by Crippen LogP contribution is 2.22. The van der Waals surface area contributed by atoms with Crippen LogP contribution in [-0.4, -0.2) is 22.1 Å². The molecule has 1 fully saturated rings. The number of nitrogens with one attached hydrogen (secondary N) is 1. The molecule has 0 aliphatic heterocycles. The lowest BCUT2D eigenvalue weighted by Gasteiger charge is -2.27. The smallest absolute Gasteiger partial charge is 0.0907 e. The van der Waals surface area contributed by atoms with E-state index in [-0.39, 0.29) is 0 Å². The molecule has 0 unspecified atom stereocenters. The van der Waals surface area contributed by atoms with Crippen LogP contribution in [0, 0.1) is 0 Å². The molecule has 18 heavy (non-hydrogen) atoms. The van der Waals surface area contributed by atoms with Gasteiger partial charge in [0.2, 0.25) is 0 Å². The molecule has 2 aromatic rings. The molecule has 0 radical (unpaired) electrons. The van der Waals surface area contributed by atoms with Crippen molar-refractivity contribution in [2.24, 2.45) is 5.73 Å². The molecule has 1 aromatic heterocycles. The molecule has 0 amide bonds. The molecule has 3 rings (SSSR count). The average Bonchev–Trinajstić information content (AvgIpc) is 2.41. The fourth-order valence-corrected chi connectivity index (χ4v) is 2.55. The molecule has 1 aliphatic carbocycles. The van der Waals surface area contributed by atoms with Crippen molar-refractivity contribution in [3.63, 3.8) is 0 Å². The first kappa shape index (κ1) is 11.4. The second-order valence-corrected chi connectivity index (χ2v) is 5.02. The largest absolute Gasteiger partial charge is 0.382 e. The summed E-state index contributed by atoms with van der Waals surface area (Å²) < 4.78 is 0. The second kappa shape index (κ2) is 4.90. The van der Waals surface area contributed by atoms with Gasteiger partial charge in [0.1, 0.15) is 0 Å². The number of hydrogen-bond acceptors (Lipinski definition) is 4. The molecule has 1 heterocycles. The number of aromatic nitrogens is 2. The zero-order valence-electron chi connectivity index (χ0n) is 10.3. The van der Waals surface area contributed by atoms with Gasteiger partial charge in [-0.05, 0) is 43.9 Å². The summed E-state index contributed by atoms with van der Waals surface area (Å²) in [6.45, 7) is 0. The van der Waals surface area contributed by atoms with Crippen molar-refractivity contribution in [3.05, 3.63) is 30.6 Å². The number of nitrogens with two attached hydrogens (primary N) is 1. The van der Waals surface area contributed by atoms with Crippen LogP contribution in [0.25, 0.3) is 11.0 Å². The highest BCUT2D eigenvalue weighted by atomic mass is 14.9. The summed E-state index contributed by atoms with van der Waals surface area (Å²) in [5, 5.41) is 3.57. The first-order chi connectivity index (χ1) is 8.81.